The highest BCUT2D eigenvalue weighted by molar-refractivity contribution is 14.1. The van der Waals surface area contributed by atoms with Crippen molar-refractivity contribution in [3.8, 4) is 0 Å². The standard InChI is InChI=1S/C10H13IO3/c11-9-3-1-8(2-4-9)7-14-10(5-12)6-13/h1-4,10,12-13H,5-7H2. The summed E-state index contributed by atoms with van der Waals surface area (Å²) in [4.78, 5) is 0. The van der Waals surface area contributed by atoms with Gasteiger partial charge in [0.25, 0.3) is 0 Å². The predicted molar refractivity (Wildman–Crippen MR) is 61.9 cm³/mol. The van der Waals surface area contributed by atoms with Crippen LogP contribution in [0.2, 0.25) is 0 Å². The summed E-state index contributed by atoms with van der Waals surface area (Å²) in [5, 5.41) is 17.5. The summed E-state index contributed by atoms with van der Waals surface area (Å²) >= 11 is 2.23. The van der Waals surface area contributed by atoms with Crippen molar-refractivity contribution in [2.75, 3.05) is 13.2 Å². The predicted octanol–water partition coefficient (Wildman–Crippen LogP) is 1.16. The lowest BCUT2D eigenvalue weighted by Gasteiger charge is -2.12. The highest BCUT2D eigenvalue weighted by Crippen LogP contribution is 2.08. The Morgan fingerprint density at radius 1 is 1.14 bits per heavy atom. The van der Waals surface area contributed by atoms with Crippen molar-refractivity contribution in [3.05, 3.63) is 33.4 Å². The van der Waals surface area contributed by atoms with Crippen LogP contribution in [0.4, 0.5) is 0 Å². The third-order valence-electron chi connectivity index (χ3n) is 1.81. The van der Waals surface area contributed by atoms with Gasteiger partial charge in [-0.2, -0.15) is 0 Å². The van der Waals surface area contributed by atoms with Crippen molar-refractivity contribution < 1.29 is 14.9 Å². The van der Waals surface area contributed by atoms with E-state index in [0.717, 1.165) is 5.56 Å². The Morgan fingerprint density at radius 2 is 1.71 bits per heavy atom. The fraction of sp³-hybridized carbons (Fsp3) is 0.400. The number of rotatable bonds is 5. The number of aliphatic hydroxyl groups excluding tert-OH is 2. The summed E-state index contributed by atoms with van der Waals surface area (Å²) in [6, 6.07) is 7.92. The lowest BCUT2D eigenvalue weighted by atomic mass is 10.2. The molecule has 0 aliphatic rings. The maximum absolute atomic E-state index is 8.76. The zero-order valence-corrected chi connectivity index (χ0v) is 9.85. The molecule has 3 nitrogen and oxygen atoms in total. The van der Waals surface area contributed by atoms with Gasteiger partial charge in [-0.15, -0.1) is 0 Å². The molecule has 0 amide bonds. The molecule has 0 bridgehead atoms. The first kappa shape index (κ1) is 11.9. The molecule has 0 aromatic heterocycles. The van der Waals surface area contributed by atoms with E-state index < -0.39 is 6.10 Å². The van der Waals surface area contributed by atoms with Gasteiger partial charge in [0.1, 0.15) is 6.10 Å². The van der Waals surface area contributed by atoms with Gasteiger partial charge in [-0.1, -0.05) is 12.1 Å². The average Bonchev–Trinajstić information content (AvgIpc) is 2.22. The van der Waals surface area contributed by atoms with Crippen LogP contribution >= 0.6 is 22.6 Å². The SMILES string of the molecule is OCC(CO)OCc1ccc(I)cc1. The summed E-state index contributed by atoms with van der Waals surface area (Å²) in [5.41, 5.74) is 1.04. The molecule has 14 heavy (non-hydrogen) atoms. The summed E-state index contributed by atoms with van der Waals surface area (Å²) in [5.74, 6) is 0. The molecular weight excluding hydrogens is 295 g/mol. The lowest BCUT2D eigenvalue weighted by molar-refractivity contribution is -0.0284. The van der Waals surface area contributed by atoms with Crippen molar-refractivity contribution >= 4 is 22.6 Å². The van der Waals surface area contributed by atoms with Gasteiger partial charge in [-0.3, -0.25) is 0 Å². The summed E-state index contributed by atoms with van der Waals surface area (Å²) in [6.45, 7) is 0.116. The van der Waals surface area contributed by atoms with E-state index in [-0.39, 0.29) is 13.2 Å². The van der Waals surface area contributed by atoms with E-state index in [9.17, 15) is 0 Å². The molecule has 2 N–H and O–H groups in total. The summed E-state index contributed by atoms with van der Waals surface area (Å²) in [7, 11) is 0. The molecule has 0 radical (unpaired) electrons. The zero-order valence-electron chi connectivity index (χ0n) is 7.69. The normalized spacial score (nSPS) is 10.9. The second kappa shape index (κ2) is 6.34. The van der Waals surface area contributed by atoms with Crippen molar-refractivity contribution in [3.63, 3.8) is 0 Å². The minimum atomic E-state index is -0.478. The van der Waals surface area contributed by atoms with Gasteiger partial charge in [-0.05, 0) is 40.3 Å². The number of ether oxygens (including phenoxy) is 1. The van der Waals surface area contributed by atoms with Gasteiger partial charge in [0, 0.05) is 3.57 Å². The van der Waals surface area contributed by atoms with Crippen LogP contribution in [0.1, 0.15) is 5.56 Å². The van der Waals surface area contributed by atoms with Crippen LogP contribution in [0.15, 0.2) is 24.3 Å². The molecule has 1 aromatic carbocycles. The largest absolute Gasteiger partial charge is 0.394 e. The Hall–Kier alpha value is -0.170. The number of aliphatic hydroxyl groups is 2. The van der Waals surface area contributed by atoms with Crippen LogP contribution in [0.5, 0.6) is 0 Å². The van der Waals surface area contributed by atoms with E-state index in [1.54, 1.807) is 0 Å². The molecule has 78 valence electrons. The molecule has 1 rings (SSSR count). The van der Waals surface area contributed by atoms with E-state index in [2.05, 4.69) is 22.6 Å². The molecule has 0 unspecified atom stereocenters. The van der Waals surface area contributed by atoms with Crippen LogP contribution in [-0.2, 0) is 11.3 Å². The molecule has 0 aliphatic heterocycles. The highest BCUT2D eigenvalue weighted by Gasteiger charge is 2.05. The van der Waals surface area contributed by atoms with Crippen LogP contribution < -0.4 is 0 Å². The smallest absolute Gasteiger partial charge is 0.104 e. The molecule has 0 heterocycles. The fourth-order valence-electron chi connectivity index (χ4n) is 0.958. The van der Waals surface area contributed by atoms with Crippen molar-refractivity contribution in [2.24, 2.45) is 0 Å². The van der Waals surface area contributed by atoms with E-state index in [0.29, 0.717) is 6.61 Å². The van der Waals surface area contributed by atoms with Gasteiger partial charge in [0.05, 0.1) is 19.8 Å². The Labute approximate surface area is 96.9 Å². The second-order valence-electron chi connectivity index (χ2n) is 2.92. The quantitative estimate of drug-likeness (QED) is 0.803. The number of hydrogen-bond acceptors (Lipinski definition) is 3. The van der Waals surface area contributed by atoms with Gasteiger partial charge in [0.2, 0.25) is 0 Å². The Balaban J connectivity index is 2.41. The second-order valence-corrected chi connectivity index (χ2v) is 4.17. The van der Waals surface area contributed by atoms with E-state index in [4.69, 9.17) is 14.9 Å². The molecule has 0 saturated carbocycles. The number of halogens is 1. The Morgan fingerprint density at radius 3 is 2.21 bits per heavy atom. The first-order valence-corrected chi connectivity index (χ1v) is 5.42. The third kappa shape index (κ3) is 3.91. The van der Waals surface area contributed by atoms with Gasteiger partial charge < -0.3 is 14.9 Å². The molecule has 4 heteroatoms. The number of benzene rings is 1. The molecular formula is C10H13IO3. The zero-order chi connectivity index (χ0) is 10.4. The molecule has 1 aromatic rings. The average molecular weight is 308 g/mol. The van der Waals surface area contributed by atoms with Crippen LogP contribution in [0.25, 0.3) is 0 Å². The molecule has 0 aliphatic carbocycles. The summed E-state index contributed by atoms with van der Waals surface area (Å²) < 4.78 is 6.44. The summed E-state index contributed by atoms with van der Waals surface area (Å²) in [6.07, 6.45) is -0.478. The maximum atomic E-state index is 8.76. The van der Waals surface area contributed by atoms with Gasteiger partial charge in [0.15, 0.2) is 0 Å². The van der Waals surface area contributed by atoms with Crippen LogP contribution in [0, 0.1) is 3.57 Å². The van der Waals surface area contributed by atoms with E-state index >= 15 is 0 Å². The first-order valence-electron chi connectivity index (χ1n) is 4.34. The monoisotopic (exact) mass is 308 g/mol. The Bertz CT molecular complexity index is 257. The van der Waals surface area contributed by atoms with Gasteiger partial charge >= 0.3 is 0 Å². The first-order chi connectivity index (χ1) is 6.76. The van der Waals surface area contributed by atoms with Crippen LogP contribution in [-0.4, -0.2) is 29.5 Å². The maximum Gasteiger partial charge on any atom is 0.104 e. The van der Waals surface area contributed by atoms with Gasteiger partial charge in [-0.25, -0.2) is 0 Å². The van der Waals surface area contributed by atoms with E-state index in [1.165, 1.54) is 3.57 Å². The minimum absolute atomic E-state index is 0.152. The minimum Gasteiger partial charge on any atom is -0.394 e. The van der Waals surface area contributed by atoms with Crippen LogP contribution in [0.3, 0.4) is 0 Å². The number of hydrogen-bond donors (Lipinski definition) is 2. The molecule has 0 saturated heterocycles. The van der Waals surface area contributed by atoms with Crippen molar-refractivity contribution in [1.82, 2.24) is 0 Å². The van der Waals surface area contributed by atoms with Crippen molar-refractivity contribution in [1.29, 1.82) is 0 Å². The highest BCUT2D eigenvalue weighted by atomic mass is 127. The van der Waals surface area contributed by atoms with E-state index in [1.807, 2.05) is 24.3 Å². The topological polar surface area (TPSA) is 49.7 Å². The molecule has 0 spiro atoms. The Kier molecular flexibility index (Phi) is 5.39. The van der Waals surface area contributed by atoms with Crippen molar-refractivity contribution in [2.45, 2.75) is 12.7 Å². The fourth-order valence-corrected chi connectivity index (χ4v) is 1.32. The molecule has 0 atom stereocenters. The molecule has 0 fully saturated rings. The third-order valence-corrected chi connectivity index (χ3v) is 2.53. The lowest BCUT2D eigenvalue weighted by Crippen LogP contribution is -2.21.